The van der Waals surface area contributed by atoms with Crippen molar-refractivity contribution >= 4 is 28.5 Å². The van der Waals surface area contributed by atoms with Crippen LogP contribution in [0.5, 0.6) is 0 Å². The molecule has 0 aromatic heterocycles. The number of halogens is 2. The average Bonchev–Trinajstić information content (AvgIpc) is 2.96. The Balaban J connectivity index is 1.79. The van der Waals surface area contributed by atoms with Gasteiger partial charge in [-0.3, -0.25) is 4.79 Å². The van der Waals surface area contributed by atoms with Crippen LogP contribution in [0.3, 0.4) is 0 Å². The predicted octanol–water partition coefficient (Wildman–Crippen LogP) is 5.00. The molecule has 0 radical (unpaired) electrons. The SMILES string of the molecule is CCCCN(CC)c1ccc(NC=C2C(=O)Nc3ccc(F)cc32)cc1F. The van der Waals surface area contributed by atoms with E-state index in [1.165, 1.54) is 30.5 Å². The molecule has 0 spiro atoms. The summed E-state index contributed by atoms with van der Waals surface area (Å²) in [6.45, 7) is 5.65. The minimum absolute atomic E-state index is 0.312. The number of rotatable bonds is 7. The Hall–Kier alpha value is -2.89. The predicted molar refractivity (Wildman–Crippen MR) is 106 cm³/mol. The topological polar surface area (TPSA) is 44.4 Å². The van der Waals surface area contributed by atoms with Crippen LogP contribution < -0.4 is 15.5 Å². The molecule has 3 rings (SSSR count). The number of hydrogen-bond acceptors (Lipinski definition) is 3. The van der Waals surface area contributed by atoms with Crippen LogP contribution >= 0.6 is 0 Å². The molecule has 27 heavy (non-hydrogen) atoms. The lowest BCUT2D eigenvalue weighted by Gasteiger charge is -2.23. The molecular formula is C21H23F2N3O. The van der Waals surface area contributed by atoms with Crippen LogP contribution in [0.1, 0.15) is 32.3 Å². The van der Waals surface area contributed by atoms with Crippen molar-refractivity contribution in [3.63, 3.8) is 0 Å². The molecule has 0 bridgehead atoms. The van der Waals surface area contributed by atoms with E-state index >= 15 is 0 Å². The molecule has 142 valence electrons. The molecule has 0 fully saturated rings. The number of carbonyl (C=O) groups excluding carboxylic acids is 1. The zero-order valence-electron chi connectivity index (χ0n) is 15.5. The fourth-order valence-electron chi connectivity index (χ4n) is 3.11. The molecule has 0 aliphatic carbocycles. The number of fused-ring (bicyclic) bond motifs is 1. The van der Waals surface area contributed by atoms with Crippen LogP contribution in [-0.2, 0) is 4.79 Å². The highest BCUT2D eigenvalue weighted by molar-refractivity contribution is 6.31. The van der Waals surface area contributed by atoms with Gasteiger partial charge in [0.15, 0.2) is 0 Å². The van der Waals surface area contributed by atoms with Crippen molar-refractivity contribution in [2.45, 2.75) is 26.7 Å². The summed E-state index contributed by atoms with van der Waals surface area (Å²) in [7, 11) is 0. The second kappa shape index (κ2) is 8.20. The van der Waals surface area contributed by atoms with E-state index in [0.717, 1.165) is 25.9 Å². The summed E-state index contributed by atoms with van der Waals surface area (Å²) < 4.78 is 28.0. The van der Waals surface area contributed by atoms with Gasteiger partial charge in [-0.2, -0.15) is 0 Å². The molecule has 2 N–H and O–H groups in total. The van der Waals surface area contributed by atoms with E-state index in [0.29, 0.717) is 28.2 Å². The van der Waals surface area contributed by atoms with Crippen molar-refractivity contribution in [3.05, 3.63) is 59.8 Å². The monoisotopic (exact) mass is 371 g/mol. The Morgan fingerprint density at radius 2 is 1.96 bits per heavy atom. The number of benzene rings is 2. The number of anilines is 3. The summed E-state index contributed by atoms with van der Waals surface area (Å²) >= 11 is 0. The lowest BCUT2D eigenvalue weighted by Crippen LogP contribution is -2.24. The normalized spacial score (nSPS) is 14.2. The second-order valence-corrected chi connectivity index (χ2v) is 6.45. The summed E-state index contributed by atoms with van der Waals surface area (Å²) in [6, 6.07) is 9.02. The van der Waals surface area contributed by atoms with E-state index in [2.05, 4.69) is 17.6 Å². The average molecular weight is 371 g/mol. The molecule has 1 amide bonds. The summed E-state index contributed by atoms with van der Waals surface area (Å²) in [5.41, 5.74) is 2.45. The van der Waals surface area contributed by atoms with E-state index in [9.17, 15) is 13.6 Å². The highest BCUT2D eigenvalue weighted by atomic mass is 19.1. The quantitative estimate of drug-likeness (QED) is 0.674. The third-order valence-electron chi connectivity index (χ3n) is 4.60. The molecule has 1 aliphatic heterocycles. The Labute approximate surface area is 157 Å². The summed E-state index contributed by atoms with van der Waals surface area (Å²) in [5, 5.41) is 5.62. The summed E-state index contributed by atoms with van der Waals surface area (Å²) in [6.07, 6.45) is 3.53. The van der Waals surface area contributed by atoms with Crippen LogP contribution in [-0.4, -0.2) is 19.0 Å². The van der Waals surface area contributed by atoms with E-state index in [1.54, 1.807) is 12.1 Å². The van der Waals surface area contributed by atoms with Gasteiger partial charge in [-0.1, -0.05) is 13.3 Å². The van der Waals surface area contributed by atoms with Crippen LogP contribution in [0.4, 0.5) is 25.8 Å². The minimum Gasteiger partial charge on any atom is -0.369 e. The van der Waals surface area contributed by atoms with Crippen molar-refractivity contribution in [1.82, 2.24) is 0 Å². The van der Waals surface area contributed by atoms with Gasteiger partial charge in [-0.15, -0.1) is 0 Å². The van der Waals surface area contributed by atoms with Gasteiger partial charge in [0.05, 0.1) is 11.3 Å². The zero-order chi connectivity index (χ0) is 19.4. The van der Waals surface area contributed by atoms with Crippen molar-refractivity contribution < 1.29 is 13.6 Å². The van der Waals surface area contributed by atoms with E-state index in [4.69, 9.17) is 0 Å². The van der Waals surface area contributed by atoms with E-state index in [-0.39, 0.29) is 11.7 Å². The number of hydrogen-bond donors (Lipinski definition) is 2. The molecule has 0 atom stereocenters. The van der Waals surface area contributed by atoms with Gasteiger partial charge in [0.25, 0.3) is 5.91 Å². The molecule has 0 unspecified atom stereocenters. The fourth-order valence-corrected chi connectivity index (χ4v) is 3.11. The maximum Gasteiger partial charge on any atom is 0.257 e. The summed E-state index contributed by atoms with van der Waals surface area (Å²) in [5.74, 6) is -1.06. The first kappa shape index (κ1) is 18.9. The van der Waals surface area contributed by atoms with Gasteiger partial charge in [-0.05, 0) is 49.7 Å². The molecule has 4 nitrogen and oxygen atoms in total. The maximum atomic E-state index is 14.6. The van der Waals surface area contributed by atoms with Crippen LogP contribution in [0.25, 0.3) is 5.57 Å². The van der Waals surface area contributed by atoms with Gasteiger partial charge in [0.2, 0.25) is 0 Å². The Morgan fingerprint density at radius 1 is 1.15 bits per heavy atom. The number of unbranched alkanes of at least 4 members (excludes halogenated alkanes) is 1. The van der Waals surface area contributed by atoms with E-state index in [1.807, 2.05) is 11.8 Å². The number of nitrogens with one attached hydrogen (secondary N) is 2. The third kappa shape index (κ3) is 4.10. The van der Waals surface area contributed by atoms with Crippen molar-refractivity contribution in [2.24, 2.45) is 0 Å². The first-order valence-corrected chi connectivity index (χ1v) is 9.16. The van der Waals surface area contributed by atoms with Crippen molar-refractivity contribution in [2.75, 3.05) is 28.6 Å². The van der Waals surface area contributed by atoms with Crippen LogP contribution in [0.15, 0.2) is 42.6 Å². The number of nitrogens with zero attached hydrogens (tertiary/aromatic N) is 1. The van der Waals surface area contributed by atoms with Crippen molar-refractivity contribution in [1.29, 1.82) is 0 Å². The minimum atomic E-state index is -0.418. The van der Waals surface area contributed by atoms with Gasteiger partial charge < -0.3 is 15.5 Å². The molecule has 1 aliphatic rings. The molecule has 2 aromatic rings. The van der Waals surface area contributed by atoms with Gasteiger partial charge in [0.1, 0.15) is 11.6 Å². The molecule has 2 aromatic carbocycles. The highest BCUT2D eigenvalue weighted by Gasteiger charge is 2.24. The zero-order valence-corrected chi connectivity index (χ0v) is 15.5. The van der Waals surface area contributed by atoms with Gasteiger partial charge in [-0.25, -0.2) is 8.78 Å². The molecule has 1 heterocycles. The Bertz CT molecular complexity index is 880. The second-order valence-electron chi connectivity index (χ2n) is 6.45. The molecule has 0 saturated carbocycles. The first-order valence-electron chi connectivity index (χ1n) is 9.16. The summed E-state index contributed by atoms with van der Waals surface area (Å²) in [4.78, 5) is 14.1. The van der Waals surface area contributed by atoms with E-state index < -0.39 is 5.82 Å². The van der Waals surface area contributed by atoms with Gasteiger partial charge in [0, 0.05) is 36.2 Å². The highest BCUT2D eigenvalue weighted by Crippen LogP contribution is 2.32. The Morgan fingerprint density at radius 3 is 2.67 bits per heavy atom. The molecular weight excluding hydrogens is 348 g/mol. The van der Waals surface area contributed by atoms with Crippen LogP contribution in [0, 0.1) is 11.6 Å². The molecule has 0 saturated heterocycles. The maximum absolute atomic E-state index is 14.6. The van der Waals surface area contributed by atoms with Gasteiger partial charge >= 0.3 is 0 Å². The fraction of sp³-hybridized carbons (Fsp3) is 0.286. The largest absolute Gasteiger partial charge is 0.369 e. The number of carbonyl (C=O) groups is 1. The smallest absolute Gasteiger partial charge is 0.257 e. The molecule has 6 heteroatoms. The lowest BCUT2D eigenvalue weighted by atomic mass is 10.1. The van der Waals surface area contributed by atoms with Crippen molar-refractivity contribution in [3.8, 4) is 0 Å². The van der Waals surface area contributed by atoms with Crippen LogP contribution in [0.2, 0.25) is 0 Å². The third-order valence-corrected chi connectivity index (χ3v) is 4.60. The lowest BCUT2D eigenvalue weighted by molar-refractivity contribution is -0.110. The standard InChI is InChI=1S/C21H23F2N3O/c1-3-5-10-26(4-2)20-9-7-15(12-18(20)23)24-13-17-16-11-14(22)6-8-19(16)25-21(17)27/h6-9,11-13,24H,3-5,10H2,1-2H3,(H,25,27). The first-order chi connectivity index (χ1) is 13.0. The number of amides is 1. The Kier molecular flexibility index (Phi) is 5.74.